The Kier molecular flexibility index (Phi) is 3.70. The first-order valence-corrected chi connectivity index (χ1v) is 7.17. The van der Waals surface area contributed by atoms with E-state index in [4.69, 9.17) is 5.73 Å². The van der Waals surface area contributed by atoms with Crippen LogP contribution in [0.15, 0.2) is 6.07 Å². The Morgan fingerprint density at radius 2 is 2.00 bits per heavy atom. The van der Waals surface area contributed by atoms with E-state index in [1.54, 1.807) is 0 Å². The molecule has 1 aliphatic rings. The average Bonchev–Trinajstić information content (AvgIpc) is 2.76. The van der Waals surface area contributed by atoms with E-state index >= 15 is 0 Å². The van der Waals surface area contributed by atoms with Crippen LogP contribution in [0.25, 0.3) is 0 Å². The van der Waals surface area contributed by atoms with Gasteiger partial charge in [0.15, 0.2) is 0 Å². The van der Waals surface area contributed by atoms with Gasteiger partial charge in [-0.15, -0.1) is 0 Å². The SMILES string of the molecule is CC(C)c1nc(N)cc(N2CCC(C(C)(C)C)C2)n1. The number of anilines is 2. The molecule has 0 aromatic carbocycles. The van der Waals surface area contributed by atoms with Crippen LogP contribution in [0.1, 0.15) is 52.8 Å². The van der Waals surface area contributed by atoms with Gasteiger partial charge in [-0.3, -0.25) is 0 Å². The van der Waals surface area contributed by atoms with Crippen molar-refractivity contribution < 1.29 is 0 Å². The normalized spacial score (nSPS) is 20.3. The maximum absolute atomic E-state index is 5.91. The highest BCUT2D eigenvalue weighted by Gasteiger charge is 2.32. The standard InChI is InChI=1S/C15H26N4/c1-10(2)14-17-12(16)8-13(18-14)19-7-6-11(9-19)15(3,4)5/h8,10-11H,6-7,9H2,1-5H3,(H2,16,17,18). The molecule has 0 saturated carbocycles. The van der Waals surface area contributed by atoms with Crippen LogP contribution < -0.4 is 10.6 Å². The number of nitrogens with two attached hydrogens (primary N) is 1. The topological polar surface area (TPSA) is 55.0 Å². The van der Waals surface area contributed by atoms with E-state index in [1.807, 2.05) is 6.07 Å². The fourth-order valence-corrected chi connectivity index (χ4v) is 2.57. The lowest BCUT2D eigenvalue weighted by molar-refractivity contribution is 0.263. The van der Waals surface area contributed by atoms with Crippen molar-refractivity contribution in [2.24, 2.45) is 11.3 Å². The minimum atomic E-state index is 0.309. The third-order valence-corrected chi connectivity index (χ3v) is 4.00. The molecule has 2 N–H and O–H groups in total. The second-order valence-electron chi connectivity index (χ2n) is 6.96. The van der Waals surface area contributed by atoms with Gasteiger partial charge in [0.25, 0.3) is 0 Å². The third-order valence-electron chi connectivity index (χ3n) is 4.00. The fraction of sp³-hybridized carbons (Fsp3) is 0.733. The van der Waals surface area contributed by atoms with Gasteiger partial charge in [0, 0.05) is 25.1 Å². The van der Waals surface area contributed by atoms with Gasteiger partial charge in [-0.2, -0.15) is 0 Å². The van der Waals surface area contributed by atoms with E-state index in [0.29, 0.717) is 23.1 Å². The summed E-state index contributed by atoms with van der Waals surface area (Å²) in [6, 6.07) is 1.90. The highest BCUT2D eigenvalue weighted by atomic mass is 15.2. The second kappa shape index (κ2) is 4.99. The number of hydrogen-bond acceptors (Lipinski definition) is 4. The van der Waals surface area contributed by atoms with Crippen LogP contribution >= 0.6 is 0 Å². The molecule has 1 atom stereocenters. The van der Waals surface area contributed by atoms with Crippen molar-refractivity contribution in [2.75, 3.05) is 23.7 Å². The lowest BCUT2D eigenvalue weighted by Gasteiger charge is -2.27. The summed E-state index contributed by atoms with van der Waals surface area (Å²) in [6.07, 6.45) is 1.23. The first kappa shape index (κ1) is 14.1. The summed E-state index contributed by atoms with van der Waals surface area (Å²) in [4.78, 5) is 11.3. The Morgan fingerprint density at radius 1 is 1.32 bits per heavy atom. The molecule has 2 rings (SSSR count). The molecule has 1 aromatic rings. The molecule has 106 valence electrons. The van der Waals surface area contributed by atoms with Crippen LogP contribution in [-0.2, 0) is 0 Å². The van der Waals surface area contributed by atoms with Crippen molar-refractivity contribution >= 4 is 11.6 Å². The first-order valence-electron chi connectivity index (χ1n) is 7.17. The molecule has 0 aliphatic carbocycles. The van der Waals surface area contributed by atoms with Crippen molar-refractivity contribution in [1.82, 2.24) is 9.97 Å². The molecule has 19 heavy (non-hydrogen) atoms. The minimum Gasteiger partial charge on any atom is -0.384 e. The van der Waals surface area contributed by atoms with Crippen LogP contribution in [0.3, 0.4) is 0 Å². The number of aromatic nitrogens is 2. The monoisotopic (exact) mass is 262 g/mol. The number of nitrogens with zero attached hydrogens (tertiary/aromatic N) is 3. The quantitative estimate of drug-likeness (QED) is 0.890. The fourth-order valence-electron chi connectivity index (χ4n) is 2.57. The summed E-state index contributed by atoms with van der Waals surface area (Å²) < 4.78 is 0. The molecule has 1 aromatic heterocycles. The van der Waals surface area contributed by atoms with Crippen LogP contribution in [0.4, 0.5) is 11.6 Å². The zero-order valence-corrected chi connectivity index (χ0v) is 12.8. The van der Waals surface area contributed by atoms with Gasteiger partial charge in [0.2, 0.25) is 0 Å². The van der Waals surface area contributed by atoms with Crippen molar-refractivity contribution in [3.63, 3.8) is 0 Å². The third kappa shape index (κ3) is 3.17. The average molecular weight is 262 g/mol. The molecular formula is C15H26N4. The summed E-state index contributed by atoms with van der Waals surface area (Å²) >= 11 is 0. The Balaban J connectivity index is 2.20. The molecule has 1 saturated heterocycles. The van der Waals surface area contributed by atoms with Gasteiger partial charge in [-0.05, 0) is 17.8 Å². The summed E-state index contributed by atoms with van der Waals surface area (Å²) in [5.74, 6) is 3.43. The van der Waals surface area contributed by atoms with Gasteiger partial charge in [0.05, 0.1) is 0 Å². The van der Waals surface area contributed by atoms with E-state index in [0.717, 1.165) is 24.7 Å². The van der Waals surface area contributed by atoms with E-state index in [2.05, 4.69) is 49.5 Å². The predicted molar refractivity (Wildman–Crippen MR) is 80.3 cm³/mol. The van der Waals surface area contributed by atoms with Gasteiger partial charge >= 0.3 is 0 Å². The summed E-state index contributed by atoms with van der Waals surface area (Å²) in [5, 5.41) is 0. The van der Waals surface area contributed by atoms with Gasteiger partial charge in [-0.1, -0.05) is 34.6 Å². The lowest BCUT2D eigenvalue weighted by Crippen LogP contribution is -2.26. The molecule has 1 fully saturated rings. The van der Waals surface area contributed by atoms with Crippen molar-refractivity contribution in [3.05, 3.63) is 11.9 Å². The van der Waals surface area contributed by atoms with Crippen LogP contribution in [0.2, 0.25) is 0 Å². The second-order valence-corrected chi connectivity index (χ2v) is 6.96. The smallest absolute Gasteiger partial charge is 0.135 e. The number of nitrogen functional groups attached to an aromatic ring is 1. The van der Waals surface area contributed by atoms with E-state index < -0.39 is 0 Å². The molecule has 0 radical (unpaired) electrons. The molecule has 4 nitrogen and oxygen atoms in total. The van der Waals surface area contributed by atoms with Crippen molar-refractivity contribution in [1.29, 1.82) is 0 Å². The maximum atomic E-state index is 5.91. The number of rotatable bonds is 2. The van der Waals surface area contributed by atoms with Gasteiger partial charge in [-0.25, -0.2) is 9.97 Å². The predicted octanol–water partition coefficient (Wildman–Crippen LogP) is 3.05. The van der Waals surface area contributed by atoms with E-state index in [-0.39, 0.29) is 0 Å². The largest absolute Gasteiger partial charge is 0.384 e. The zero-order valence-electron chi connectivity index (χ0n) is 12.8. The Bertz CT molecular complexity index is 448. The van der Waals surface area contributed by atoms with Gasteiger partial charge < -0.3 is 10.6 Å². The number of hydrogen-bond donors (Lipinski definition) is 1. The summed E-state index contributed by atoms with van der Waals surface area (Å²) in [7, 11) is 0. The van der Waals surface area contributed by atoms with E-state index in [1.165, 1.54) is 6.42 Å². The van der Waals surface area contributed by atoms with Crippen LogP contribution in [0, 0.1) is 11.3 Å². The zero-order chi connectivity index (χ0) is 14.2. The van der Waals surface area contributed by atoms with Gasteiger partial charge in [0.1, 0.15) is 17.5 Å². The summed E-state index contributed by atoms with van der Waals surface area (Å²) in [6.45, 7) is 13.3. The summed E-state index contributed by atoms with van der Waals surface area (Å²) in [5.41, 5.74) is 6.26. The molecule has 0 spiro atoms. The Labute approximate surface area is 116 Å². The molecule has 4 heteroatoms. The van der Waals surface area contributed by atoms with E-state index in [9.17, 15) is 0 Å². The van der Waals surface area contributed by atoms with Crippen LogP contribution in [0.5, 0.6) is 0 Å². The highest BCUT2D eigenvalue weighted by Crippen LogP contribution is 2.35. The first-order chi connectivity index (χ1) is 8.77. The van der Waals surface area contributed by atoms with Crippen molar-refractivity contribution in [2.45, 2.75) is 47.0 Å². The molecule has 0 bridgehead atoms. The Morgan fingerprint density at radius 3 is 2.53 bits per heavy atom. The molecule has 2 heterocycles. The lowest BCUT2D eigenvalue weighted by atomic mass is 9.80. The highest BCUT2D eigenvalue weighted by molar-refractivity contribution is 5.48. The molecular weight excluding hydrogens is 236 g/mol. The van der Waals surface area contributed by atoms with Crippen molar-refractivity contribution in [3.8, 4) is 0 Å². The molecule has 1 unspecified atom stereocenters. The Hall–Kier alpha value is -1.32. The van der Waals surface area contributed by atoms with Crippen LogP contribution in [-0.4, -0.2) is 23.1 Å². The molecule has 1 aliphatic heterocycles. The molecule has 0 amide bonds. The minimum absolute atomic E-state index is 0.309. The maximum Gasteiger partial charge on any atom is 0.135 e.